The van der Waals surface area contributed by atoms with Gasteiger partial charge in [-0.2, -0.15) is 0 Å². The molecule has 1 saturated heterocycles. The molecule has 2 nitrogen and oxygen atoms in total. The summed E-state index contributed by atoms with van der Waals surface area (Å²) in [6.45, 7) is 8.77. The summed E-state index contributed by atoms with van der Waals surface area (Å²) in [5.74, 6) is -0.394. The van der Waals surface area contributed by atoms with Crippen molar-refractivity contribution in [1.29, 1.82) is 0 Å². The lowest BCUT2D eigenvalue weighted by Gasteiger charge is -2.41. The van der Waals surface area contributed by atoms with E-state index in [9.17, 15) is 0 Å². The maximum absolute atomic E-state index is 6.22. The molecule has 2 heteroatoms. The second-order valence-electron chi connectivity index (χ2n) is 11.1. The van der Waals surface area contributed by atoms with E-state index in [0.717, 1.165) is 6.42 Å². The Labute approximate surface area is 203 Å². The first kappa shape index (κ1) is 30.0. The highest BCUT2D eigenvalue weighted by Gasteiger charge is 2.34. The van der Waals surface area contributed by atoms with Crippen LogP contribution in [0.5, 0.6) is 0 Å². The van der Waals surface area contributed by atoms with Crippen molar-refractivity contribution >= 4 is 0 Å². The highest BCUT2D eigenvalue weighted by atomic mass is 16.7. The van der Waals surface area contributed by atoms with Crippen LogP contribution in [-0.2, 0) is 9.47 Å². The van der Waals surface area contributed by atoms with E-state index < -0.39 is 5.79 Å². The van der Waals surface area contributed by atoms with Crippen LogP contribution in [0.25, 0.3) is 0 Å². The van der Waals surface area contributed by atoms with Crippen LogP contribution in [0.3, 0.4) is 0 Å². The standard InChI is InChI=1S/C30H60O2/c1-5-7-9-10-11-12-13-14-15-16-17-18-19-20-21-22-24-26-29-27-28(25-23-8-6-2)31-30(3,4)32-29/h28-29H,5-27H2,1-4H3/t28-,29+/m0/s1. The van der Waals surface area contributed by atoms with Gasteiger partial charge in [0.2, 0.25) is 0 Å². The molecule has 0 amide bonds. The minimum Gasteiger partial charge on any atom is -0.347 e. The van der Waals surface area contributed by atoms with Gasteiger partial charge in [-0.1, -0.05) is 142 Å². The van der Waals surface area contributed by atoms with Crippen molar-refractivity contribution in [2.24, 2.45) is 0 Å². The molecule has 1 heterocycles. The molecule has 0 bridgehead atoms. The summed E-state index contributed by atoms with van der Waals surface area (Å²) in [7, 11) is 0. The van der Waals surface area contributed by atoms with Gasteiger partial charge in [0, 0.05) is 6.42 Å². The first-order valence-corrected chi connectivity index (χ1v) is 14.9. The molecule has 1 aliphatic heterocycles. The number of unbranched alkanes of at least 4 members (excludes halogenated alkanes) is 18. The Hall–Kier alpha value is -0.0800. The third-order valence-electron chi connectivity index (χ3n) is 7.19. The maximum atomic E-state index is 6.22. The fourth-order valence-corrected chi connectivity index (χ4v) is 5.29. The first-order valence-electron chi connectivity index (χ1n) is 14.9. The minimum atomic E-state index is -0.394. The van der Waals surface area contributed by atoms with Gasteiger partial charge in [-0.3, -0.25) is 0 Å². The molecule has 1 rings (SSSR count). The van der Waals surface area contributed by atoms with E-state index in [-0.39, 0.29) is 0 Å². The Morgan fingerprint density at radius 1 is 0.469 bits per heavy atom. The molecule has 1 aliphatic rings. The highest BCUT2D eigenvalue weighted by Crippen LogP contribution is 2.31. The van der Waals surface area contributed by atoms with E-state index in [2.05, 4.69) is 27.7 Å². The molecule has 0 aromatic carbocycles. The highest BCUT2D eigenvalue weighted by molar-refractivity contribution is 4.76. The average molecular weight is 453 g/mol. The summed E-state index contributed by atoms with van der Waals surface area (Å²) in [5, 5.41) is 0. The first-order chi connectivity index (χ1) is 15.6. The van der Waals surface area contributed by atoms with Gasteiger partial charge in [-0.15, -0.1) is 0 Å². The molecular formula is C30H60O2. The predicted octanol–water partition coefficient (Wildman–Crippen LogP) is 10.5. The van der Waals surface area contributed by atoms with Crippen molar-refractivity contribution in [2.45, 2.75) is 193 Å². The van der Waals surface area contributed by atoms with Crippen molar-refractivity contribution in [3.63, 3.8) is 0 Å². The molecule has 0 unspecified atom stereocenters. The van der Waals surface area contributed by atoms with Crippen LogP contribution >= 0.6 is 0 Å². The van der Waals surface area contributed by atoms with Crippen molar-refractivity contribution in [3.8, 4) is 0 Å². The third kappa shape index (κ3) is 17.4. The van der Waals surface area contributed by atoms with E-state index in [1.165, 1.54) is 141 Å². The maximum Gasteiger partial charge on any atom is 0.163 e. The lowest BCUT2D eigenvalue weighted by atomic mass is 9.98. The zero-order valence-corrected chi connectivity index (χ0v) is 22.7. The SMILES string of the molecule is CCCCCCCCCCCCCCCCCCC[C@@H]1C[C@H](CCCCC)OC(C)(C)O1. The van der Waals surface area contributed by atoms with Crippen LogP contribution < -0.4 is 0 Å². The number of hydrogen-bond donors (Lipinski definition) is 0. The van der Waals surface area contributed by atoms with Crippen molar-refractivity contribution in [3.05, 3.63) is 0 Å². The van der Waals surface area contributed by atoms with Crippen LogP contribution in [0.15, 0.2) is 0 Å². The summed E-state index contributed by atoms with van der Waals surface area (Å²) in [6, 6.07) is 0. The summed E-state index contributed by atoms with van der Waals surface area (Å²) >= 11 is 0. The molecule has 192 valence electrons. The van der Waals surface area contributed by atoms with E-state index in [0.29, 0.717) is 12.2 Å². The van der Waals surface area contributed by atoms with E-state index in [1.807, 2.05) is 0 Å². The zero-order valence-electron chi connectivity index (χ0n) is 22.7. The molecule has 0 radical (unpaired) electrons. The lowest BCUT2D eigenvalue weighted by Crippen LogP contribution is -2.44. The van der Waals surface area contributed by atoms with Gasteiger partial charge in [0.05, 0.1) is 12.2 Å². The van der Waals surface area contributed by atoms with Crippen LogP contribution in [0.4, 0.5) is 0 Å². The second kappa shape index (κ2) is 20.3. The Morgan fingerprint density at radius 2 is 0.750 bits per heavy atom. The lowest BCUT2D eigenvalue weighted by molar-refractivity contribution is -0.301. The van der Waals surface area contributed by atoms with Crippen LogP contribution in [0, 0.1) is 0 Å². The van der Waals surface area contributed by atoms with Crippen LogP contribution in [0.1, 0.15) is 175 Å². The fraction of sp³-hybridized carbons (Fsp3) is 1.00. The monoisotopic (exact) mass is 452 g/mol. The van der Waals surface area contributed by atoms with Crippen LogP contribution in [0.2, 0.25) is 0 Å². The van der Waals surface area contributed by atoms with Crippen LogP contribution in [-0.4, -0.2) is 18.0 Å². The molecule has 0 aromatic heterocycles. The van der Waals surface area contributed by atoms with E-state index in [4.69, 9.17) is 9.47 Å². The molecule has 0 aromatic rings. The molecule has 0 saturated carbocycles. The summed E-state index contributed by atoms with van der Waals surface area (Å²) < 4.78 is 12.4. The third-order valence-corrected chi connectivity index (χ3v) is 7.19. The fourth-order valence-electron chi connectivity index (χ4n) is 5.29. The molecule has 2 atom stereocenters. The van der Waals surface area contributed by atoms with Gasteiger partial charge in [0.1, 0.15) is 0 Å². The number of hydrogen-bond acceptors (Lipinski definition) is 2. The summed E-state index contributed by atoms with van der Waals surface area (Å²) in [5.41, 5.74) is 0. The Bertz CT molecular complexity index is 392. The predicted molar refractivity (Wildman–Crippen MR) is 141 cm³/mol. The molecule has 1 fully saturated rings. The summed E-state index contributed by atoms with van der Waals surface area (Å²) in [6.07, 6.45) is 32.7. The van der Waals surface area contributed by atoms with Gasteiger partial charge in [-0.25, -0.2) is 0 Å². The normalized spacial score (nSPS) is 20.6. The Balaban J connectivity index is 1.88. The second-order valence-corrected chi connectivity index (χ2v) is 11.1. The quantitative estimate of drug-likeness (QED) is 0.152. The van der Waals surface area contributed by atoms with Gasteiger partial charge in [0.25, 0.3) is 0 Å². The molecular weight excluding hydrogens is 392 g/mol. The molecule has 0 N–H and O–H groups in total. The Kier molecular flexibility index (Phi) is 19.0. The topological polar surface area (TPSA) is 18.5 Å². The van der Waals surface area contributed by atoms with Gasteiger partial charge < -0.3 is 9.47 Å². The summed E-state index contributed by atoms with van der Waals surface area (Å²) in [4.78, 5) is 0. The van der Waals surface area contributed by atoms with Gasteiger partial charge in [0.15, 0.2) is 5.79 Å². The molecule has 0 spiro atoms. The smallest absolute Gasteiger partial charge is 0.163 e. The minimum absolute atomic E-state index is 0.394. The van der Waals surface area contributed by atoms with Gasteiger partial charge in [-0.05, 0) is 26.7 Å². The van der Waals surface area contributed by atoms with Crippen molar-refractivity contribution in [1.82, 2.24) is 0 Å². The van der Waals surface area contributed by atoms with Crippen molar-refractivity contribution in [2.75, 3.05) is 0 Å². The average Bonchev–Trinajstić information content (AvgIpc) is 2.75. The van der Waals surface area contributed by atoms with Gasteiger partial charge >= 0.3 is 0 Å². The van der Waals surface area contributed by atoms with Crippen molar-refractivity contribution < 1.29 is 9.47 Å². The Morgan fingerprint density at radius 3 is 1.12 bits per heavy atom. The van der Waals surface area contributed by atoms with E-state index >= 15 is 0 Å². The number of ether oxygens (including phenoxy) is 2. The molecule has 32 heavy (non-hydrogen) atoms. The van der Waals surface area contributed by atoms with E-state index in [1.54, 1.807) is 0 Å². The zero-order chi connectivity index (χ0) is 23.3. The largest absolute Gasteiger partial charge is 0.347 e. The molecule has 0 aliphatic carbocycles. The number of rotatable bonds is 22.